The van der Waals surface area contributed by atoms with Crippen molar-refractivity contribution in [3.05, 3.63) is 45.9 Å². The van der Waals surface area contributed by atoms with E-state index in [1.54, 1.807) is 7.11 Å². The van der Waals surface area contributed by atoms with Gasteiger partial charge in [-0.1, -0.05) is 17.3 Å². The third-order valence-electron chi connectivity index (χ3n) is 4.73. The van der Waals surface area contributed by atoms with Gasteiger partial charge in [-0.05, 0) is 48.1 Å². The van der Waals surface area contributed by atoms with Crippen LogP contribution in [0, 0.1) is 0 Å². The fourth-order valence-electron chi connectivity index (χ4n) is 3.61. The van der Waals surface area contributed by atoms with Gasteiger partial charge in [0.15, 0.2) is 0 Å². The number of methoxy groups -OCH3 is 1. The van der Waals surface area contributed by atoms with Crippen molar-refractivity contribution >= 4 is 31.8 Å². The minimum Gasteiger partial charge on any atom is -0.497 e. The van der Waals surface area contributed by atoms with E-state index in [4.69, 9.17) is 9.72 Å². The van der Waals surface area contributed by atoms with Gasteiger partial charge in [0, 0.05) is 11.1 Å². The summed E-state index contributed by atoms with van der Waals surface area (Å²) < 4.78 is 5.86. The van der Waals surface area contributed by atoms with Crippen LogP contribution in [0.3, 0.4) is 0 Å². The third-order valence-corrected chi connectivity index (χ3v) is 5.80. The number of aromatic amines is 1. The number of fused-ring (bicyclic) bond motifs is 4. The van der Waals surface area contributed by atoms with Crippen LogP contribution in [-0.2, 0) is 12.8 Å². The molecule has 1 N–H and O–H groups in total. The number of hydrogen-bond acceptors (Lipinski definition) is 6. The SMILES string of the molecule is COc1ccc(-c2c3c(nc4sc5c(=O)[nH]nnc5c24)CCC3)cc1. The summed E-state index contributed by atoms with van der Waals surface area (Å²) in [6.45, 7) is 0. The lowest BCUT2D eigenvalue weighted by molar-refractivity contribution is 0.415. The summed E-state index contributed by atoms with van der Waals surface area (Å²) >= 11 is 1.39. The van der Waals surface area contributed by atoms with Gasteiger partial charge in [0.1, 0.15) is 20.8 Å². The van der Waals surface area contributed by atoms with Gasteiger partial charge in [0.2, 0.25) is 0 Å². The van der Waals surface area contributed by atoms with Gasteiger partial charge in [-0.3, -0.25) is 4.79 Å². The van der Waals surface area contributed by atoms with Gasteiger partial charge in [-0.2, -0.15) is 0 Å². The zero-order chi connectivity index (χ0) is 17.0. The number of nitrogens with zero attached hydrogens (tertiary/aromatic N) is 3. The molecule has 0 bridgehead atoms. The predicted molar refractivity (Wildman–Crippen MR) is 97.3 cm³/mol. The molecule has 0 aliphatic heterocycles. The lowest BCUT2D eigenvalue weighted by Gasteiger charge is -2.11. The molecule has 3 aromatic heterocycles. The van der Waals surface area contributed by atoms with Gasteiger partial charge in [0.25, 0.3) is 5.56 Å². The largest absolute Gasteiger partial charge is 0.497 e. The van der Waals surface area contributed by atoms with E-state index in [1.807, 2.05) is 12.1 Å². The highest BCUT2D eigenvalue weighted by Gasteiger charge is 2.24. The monoisotopic (exact) mass is 350 g/mol. The van der Waals surface area contributed by atoms with Gasteiger partial charge in [-0.25, -0.2) is 10.1 Å². The maximum atomic E-state index is 12.1. The molecule has 1 aliphatic rings. The Morgan fingerprint density at radius 3 is 2.84 bits per heavy atom. The number of aryl methyl sites for hydroxylation is 1. The molecule has 0 saturated heterocycles. The van der Waals surface area contributed by atoms with Crippen LogP contribution in [0.4, 0.5) is 0 Å². The molecule has 4 aromatic rings. The minimum atomic E-state index is -0.214. The van der Waals surface area contributed by atoms with Crippen LogP contribution >= 0.6 is 11.3 Å². The number of H-pyrrole nitrogens is 1. The quantitative estimate of drug-likeness (QED) is 0.601. The van der Waals surface area contributed by atoms with Crippen molar-refractivity contribution in [2.24, 2.45) is 0 Å². The standard InChI is InChI=1S/C18H14N4O2S/c1-24-10-7-5-9(6-8-10)13-11-3-2-4-12(11)19-18-14(13)15-16(25-18)17(23)21-22-20-15/h5-8H,2-4H2,1H3,(H,20,21,23). The summed E-state index contributed by atoms with van der Waals surface area (Å²) in [5, 5.41) is 11.3. The zero-order valence-electron chi connectivity index (χ0n) is 13.5. The number of benzene rings is 1. The number of pyridine rings is 1. The van der Waals surface area contributed by atoms with Crippen molar-refractivity contribution in [1.82, 2.24) is 20.4 Å². The lowest BCUT2D eigenvalue weighted by Crippen LogP contribution is -2.07. The Labute approximate surface area is 146 Å². The normalized spacial score (nSPS) is 13.5. The second-order valence-corrected chi connectivity index (χ2v) is 7.09. The molecule has 5 rings (SSSR count). The third kappa shape index (κ3) is 2.09. The summed E-state index contributed by atoms with van der Waals surface area (Å²) in [5.41, 5.74) is 5.04. The number of aromatic nitrogens is 4. The molecule has 25 heavy (non-hydrogen) atoms. The van der Waals surface area contributed by atoms with Crippen molar-refractivity contribution in [3.8, 4) is 16.9 Å². The van der Waals surface area contributed by atoms with E-state index in [0.29, 0.717) is 10.2 Å². The second kappa shape index (κ2) is 5.35. The number of hydrogen-bond donors (Lipinski definition) is 1. The Morgan fingerprint density at radius 2 is 2.04 bits per heavy atom. The average Bonchev–Trinajstić information content (AvgIpc) is 3.25. The highest BCUT2D eigenvalue weighted by Crippen LogP contribution is 2.42. The van der Waals surface area contributed by atoms with Crippen LogP contribution in [0.5, 0.6) is 5.75 Å². The summed E-state index contributed by atoms with van der Waals surface area (Å²) in [6, 6.07) is 8.01. The van der Waals surface area contributed by atoms with Crippen LogP contribution in [-0.4, -0.2) is 27.5 Å². The summed E-state index contributed by atoms with van der Waals surface area (Å²) in [5.74, 6) is 0.817. The topological polar surface area (TPSA) is 80.8 Å². The summed E-state index contributed by atoms with van der Waals surface area (Å²) in [4.78, 5) is 17.8. The Balaban J connectivity index is 1.93. The molecule has 0 radical (unpaired) electrons. The first-order chi connectivity index (χ1) is 12.3. The van der Waals surface area contributed by atoms with Crippen LogP contribution in [0.1, 0.15) is 17.7 Å². The molecule has 0 spiro atoms. The Kier molecular flexibility index (Phi) is 3.11. The first-order valence-corrected chi connectivity index (χ1v) is 8.91. The van der Waals surface area contributed by atoms with Gasteiger partial charge < -0.3 is 4.74 Å². The van der Waals surface area contributed by atoms with Crippen LogP contribution in [0.15, 0.2) is 29.1 Å². The van der Waals surface area contributed by atoms with Gasteiger partial charge in [-0.15, -0.1) is 16.4 Å². The molecule has 124 valence electrons. The van der Waals surface area contributed by atoms with Crippen molar-refractivity contribution in [3.63, 3.8) is 0 Å². The minimum absolute atomic E-state index is 0.214. The van der Waals surface area contributed by atoms with Crippen molar-refractivity contribution in [2.75, 3.05) is 7.11 Å². The summed E-state index contributed by atoms with van der Waals surface area (Å²) in [6.07, 6.45) is 3.07. The first-order valence-electron chi connectivity index (χ1n) is 8.10. The van der Waals surface area contributed by atoms with E-state index in [9.17, 15) is 4.79 Å². The van der Waals surface area contributed by atoms with Gasteiger partial charge in [0.05, 0.1) is 7.11 Å². The number of thiophene rings is 1. The first kappa shape index (κ1) is 14.5. The molecule has 3 heterocycles. The average molecular weight is 350 g/mol. The highest BCUT2D eigenvalue weighted by molar-refractivity contribution is 7.25. The smallest absolute Gasteiger partial charge is 0.285 e. The molecule has 1 aliphatic carbocycles. The summed E-state index contributed by atoms with van der Waals surface area (Å²) in [7, 11) is 1.66. The molecule has 0 atom stereocenters. The number of nitrogens with one attached hydrogen (secondary N) is 1. The fraction of sp³-hybridized carbons (Fsp3) is 0.222. The molecule has 1 aromatic carbocycles. The van der Waals surface area contributed by atoms with Crippen LogP contribution in [0.2, 0.25) is 0 Å². The van der Waals surface area contributed by atoms with E-state index >= 15 is 0 Å². The van der Waals surface area contributed by atoms with Gasteiger partial charge >= 0.3 is 0 Å². The van der Waals surface area contributed by atoms with E-state index in [1.165, 1.54) is 16.9 Å². The highest BCUT2D eigenvalue weighted by atomic mass is 32.1. The molecule has 7 heteroatoms. The van der Waals surface area contributed by atoms with E-state index in [-0.39, 0.29) is 5.56 Å². The Hall–Kier alpha value is -2.80. The van der Waals surface area contributed by atoms with E-state index < -0.39 is 0 Å². The number of ether oxygens (including phenoxy) is 1. The Morgan fingerprint density at radius 1 is 1.20 bits per heavy atom. The second-order valence-electron chi connectivity index (χ2n) is 6.09. The van der Waals surface area contributed by atoms with E-state index in [0.717, 1.165) is 52.0 Å². The van der Waals surface area contributed by atoms with Crippen molar-refractivity contribution in [2.45, 2.75) is 19.3 Å². The molecule has 0 unspecified atom stereocenters. The maximum absolute atomic E-state index is 12.1. The predicted octanol–water partition coefficient (Wildman–Crippen LogP) is 3.09. The Bertz CT molecular complexity index is 1180. The molecule has 0 amide bonds. The van der Waals surface area contributed by atoms with Crippen molar-refractivity contribution in [1.29, 1.82) is 0 Å². The maximum Gasteiger partial charge on any atom is 0.285 e. The van der Waals surface area contributed by atoms with Crippen LogP contribution in [0.25, 0.3) is 31.6 Å². The number of rotatable bonds is 2. The zero-order valence-corrected chi connectivity index (χ0v) is 14.3. The molecular weight excluding hydrogens is 336 g/mol. The molecule has 6 nitrogen and oxygen atoms in total. The fourth-order valence-corrected chi connectivity index (χ4v) is 4.63. The molecular formula is C18H14N4O2S. The molecule has 0 saturated carbocycles. The van der Waals surface area contributed by atoms with Crippen molar-refractivity contribution < 1.29 is 4.74 Å². The molecule has 0 fully saturated rings. The van der Waals surface area contributed by atoms with Crippen LogP contribution < -0.4 is 10.3 Å². The lowest BCUT2D eigenvalue weighted by atomic mass is 9.96. The van der Waals surface area contributed by atoms with E-state index in [2.05, 4.69) is 27.5 Å².